The summed E-state index contributed by atoms with van der Waals surface area (Å²) in [4.78, 5) is 33.5. The van der Waals surface area contributed by atoms with Crippen LogP contribution in [0.2, 0.25) is 0 Å². The highest BCUT2D eigenvalue weighted by Gasteiger charge is 2.24. The van der Waals surface area contributed by atoms with Gasteiger partial charge in [-0.15, -0.1) is 0 Å². The average molecular weight is 225 g/mol. The molecular formula is C10H15N3O3. The van der Waals surface area contributed by atoms with Crippen molar-refractivity contribution in [1.29, 1.82) is 0 Å². The van der Waals surface area contributed by atoms with Gasteiger partial charge in [-0.25, -0.2) is 0 Å². The summed E-state index contributed by atoms with van der Waals surface area (Å²) >= 11 is 0. The Morgan fingerprint density at radius 3 is 2.38 bits per heavy atom. The van der Waals surface area contributed by atoms with Crippen molar-refractivity contribution in [2.45, 2.75) is 25.7 Å². The molecule has 0 aromatic rings. The first-order chi connectivity index (χ1) is 7.65. The number of carbonyl (C=O) groups is 3. The second-order valence-electron chi connectivity index (χ2n) is 3.48. The lowest BCUT2D eigenvalue weighted by Crippen LogP contribution is -2.45. The van der Waals surface area contributed by atoms with Crippen LogP contribution in [0.3, 0.4) is 0 Å². The zero-order valence-electron chi connectivity index (χ0n) is 8.94. The number of nitrogens with zero attached hydrogens (tertiary/aromatic N) is 1. The molecule has 16 heavy (non-hydrogen) atoms. The summed E-state index contributed by atoms with van der Waals surface area (Å²) in [7, 11) is 0. The maximum atomic E-state index is 11.3. The van der Waals surface area contributed by atoms with Crippen molar-refractivity contribution in [1.82, 2.24) is 10.4 Å². The number of imide groups is 1. The highest BCUT2D eigenvalue weighted by atomic mass is 16.2. The number of amides is 3. The van der Waals surface area contributed by atoms with Gasteiger partial charge in [-0.2, -0.15) is 5.01 Å². The van der Waals surface area contributed by atoms with Gasteiger partial charge in [-0.3, -0.25) is 19.8 Å². The Hall–Kier alpha value is -1.69. The Morgan fingerprint density at radius 1 is 1.19 bits per heavy atom. The molecule has 6 heteroatoms. The normalized spacial score (nSPS) is 14.7. The van der Waals surface area contributed by atoms with E-state index >= 15 is 0 Å². The fraction of sp³-hybridized carbons (Fsp3) is 0.500. The highest BCUT2D eigenvalue weighted by Crippen LogP contribution is 2.02. The first kappa shape index (κ1) is 12.4. The summed E-state index contributed by atoms with van der Waals surface area (Å²) in [6.07, 6.45) is 4.97. The standard InChI is InChI=1S/C10H15N3O3/c11-7-3-1-2-4-8(14)12-13-9(15)5-6-10(13)16/h5-6H,1-4,7,11H2,(H,12,14). The molecule has 0 saturated heterocycles. The van der Waals surface area contributed by atoms with E-state index < -0.39 is 11.8 Å². The number of hydrazine groups is 1. The molecule has 3 N–H and O–H groups in total. The lowest BCUT2D eigenvalue weighted by Gasteiger charge is -2.14. The summed E-state index contributed by atoms with van der Waals surface area (Å²) < 4.78 is 0. The summed E-state index contributed by atoms with van der Waals surface area (Å²) in [5.74, 6) is -1.36. The van der Waals surface area contributed by atoms with Crippen molar-refractivity contribution in [2.75, 3.05) is 6.54 Å². The molecule has 1 aliphatic heterocycles. The topological polar surface area (TPSA) is 92.5 Å². The summed E-state index contributed by atoms with van der Waals surface area (Å²) in [5.41, 5.74) is 7.56. The maximum absolute atomic E-state index is 11.3. The van der Waals surface area contributed by atoms with Gasteiger partial charge in [0.15, 0.2) is 0 Å². The fourth-order valence-corrected chi connectivity index (χ4v) is 1.30. The number of nitrogens with two attached hydrogens (primary N) is 1. The van der Waals surface area contributed by atoms with Crippen molar-refractivity contribution in [3.05, 3.63) is 12.2 Å². The van der Waals surface area contributed by atoms with Crippen molar-refractivity contribution >= 4 is 17.7 Å². The van der Waals surface area contributed by atoms with Gasteiger partial charge in [0, 0.05) is 18.6 Å². The summed E-state index contributed by atoms with van der Waals surface area (Å²) in [6.45, 7) is 0.606. The van der Waals surface area contributed by atoms with Crippen LogP contribution in [0, 0.1) is 0 Å². The lowest BCUT2D eigenvalue weighted by atomic mass is 10.2. The molecule has 3 amide bonds. The predicted octanol–water partition coefficient (Wildman–Crippen LogP) is -0.538. The van der Waals surface area contributed by atoms with Gasteiger partial charge in [-0.1, -0.05) is 6.42 Å². The van der Waals surface area contributed by atoms with Crippen LogP contribution in [0.4, 0.5) is 0 Å². The summed E-state index contributed by atoms with van der Waals surface area (Å²) in [6, 6.07) is 0. The van der Waals surface area contributed by atoms with E-state index in [1.807, 2.05) is 0 Å². The van der Waals surface area contributed by atoms with Crippen LogP contribution < -0.4 is 11.2 Å². The van der Waals surface area contributed by atoms with Gasteiger partial charge in [-0.05, 0) is 19.4 Å². The van der Waals surface area contributed by atoms with E-state index in [9.17, 15) is 14.4 Å². The molecule has 1 heterocycles. The van der Waals surface area contributed by atoms with Crippen LogP contribution >= 0.6 is 0 Å². The van der Waals surface area contributed by atoms with Crippen LogP contribution in [-0.2, 0) is 14.4 Å². The van der Waals surface area contributed by atoms with Gasteiger partial charge < -0.3 is 5.73 Å². The zero-order chi connectivity index (χ0) is 12.0. The molecule has 88 valence electrons. The predicted molar refractivity (Wildman–Crippen MR) is 56.7 cm³/mol. The summed E-state index contributed by atoms with van der Waals surface area (Å²) in [5, 5.41) is 0.714. The van der Waals surface area contributed by atoms with Gasteiger partial charge in [0.05, 0.1) is 0 Å². The van der Waals surface area contributed by atoms with E-state index in [2.05, 4.69) is 5.43 Å². The van der Waals surface area contributed by atoms with E-state index in [1.54, 1.807) is 0 Å². The third-order valence-corrected chi connectivity index (χ3v) is 2.15. The molecule has 0 spiro atoms. The molecule has 0 atom stereocenters. The van der Waals surface area contributed by atoms with Gasteiger partial charge in [0.2, 0.25) is 5.91 Å². The van der Waals surface area contributed by atoms with Crippen molar-refractivity contribution in [3.63, 3.8) is 0 Å². The van der Waals surface area contributed by atoms with Crippen molar-refractivity contribution < 1.29 is 14.4 Å². The van der Waals surface area contributed by atoms with Crippen LogP contribution in [0.1, 0.15) is 25.7 Å². The Balaban J connectivity index is 2.24. The van der Waals surface area contributed by atoms with E-state index in [0.717, 1.165) is 25.0 Å². The van der Waals surface area contributed by atoms with Crippen LogP contribution in [0.25, 0.3) is 0 Å². The monoisotopic (exact) mass is 225 g/mol. The zero-order valence-corrected chi connectivity index (χ0v) is 8.94. The van der Waals surface area contributed by atoms with Crippen LogP contribution in [0.5, 0.6) is 0 Å². The highest BCUT2D eigenvalue weighted by molar-refractivity contribution is 6.13. The number of nitrogens with one attached hydrogen (secondary N) is 1. The minimum atomic E-state index is -0.514. The second-order valence-corrected chi connectivity index (χ2v) is 3.48. The van der Waals surface area contributed by atoms with Crippen LogP contribution in [-0.4, -0.2) is 29.3 Å². The number of carbonyl (C=O) groups excluding carboxylic acids is 3. The molecule has 1 rings (SSSR count). The van der Waals surface area contributed by atoms with Crippen molar-refractivity contribution in [3.8, 4) is 0 Å². The number of hydrogen-bond donors (Lipinski definition) is 2. The molecule has 1 aliphatic rings. The molecule has 0 radical (unpaired) electrons. The molecule has 0 aromatic heterocycles. The van der Waals surface area contributed by atoms with Crippen molar-refractivity contribution in [2.24, 2.45) is 5.73 Å². The number of unbranched alkanes of at least 4 members (excludes halogenated alkanes) is 2. The smallest absolute Gasteiger partial charge is 0.272 e. The maximum Gasteiger partial charge on any atom is 0.272 e. The number of rotatable bonds is 6. The molecule has 0 bridgehead atoms. The minimum Gasteiger partial charge on any atom is -0.330 e. The number of hydrogen-bond acceptors (Lipinski definition) is 4. The molecule has 6 nitrogen and oxygen atoms in total. The molecular weight excluding hydrogens is 210 g/mol. The molecule has 0 aromatic carbocycles. The van der Waals surface area contributed by atoms with E-state index in [0.29, 0.717) is 18.0 Å². The molecule has 0 aliphatic carbocycles. The SMILES string of the molecule is NCCCCCC(=O)NN1C(=O)C=CC1=O. The minimum absolute atomic E-state index is 0.289. The first-order valence-corrected chi connectivity index (χ1v) is 5.21. The van der Waals surface area contributed by atoms with E-state index in [-0.39, 0.29) is 12.3 Å². The van der Waals surface area contributed by atoms with Gasteiger partial charge in [0.25, 0.3) is 11.8 Å². The molecule has 0 fully saturated rings. The van der Waals surface area contributed by atoms with E-state index in [4.69, 9.17) is 5.73 Å². The van der Waals surface area contributed by atoms with Crippen LogP contribution in [0.15, 0.2) is 12.2 Å². The van der Waals surface area contributed by atoms with E-state index in [1.165, 1.54) is 0 Å². The lowest BCUT2D eigenvalue weighted by molar-refractivity contribution is -0.146. The third-order valence-electron chi connectivity index (χ3n) is 2.15. The fourth-order valence-electron chi connectivity index (χ4n) is 1.30. The Kier molecular flexibility index (Phi) is 4.65. The first-order valence-electron chi connectivity index (χ1n) is 5.21. The second kappa shape index (κ2) is 6.02. The quantitative estimate of drug-likeness (QED) is 0.469. The Labute approximate surface area is 93.4 Å². The van der Waals surface area contributed by atoms with Gasteiger partial charge in [0.1, 0.15) is 0 Å². The Morgan fingerprint density at radius 2 is 1.81 bits per heavy atom. The molecule has 0 saturated carbocycles. The Bertz CT molecular complexity index is 307. The average Bonchev–Trinajstić information content (AvgIpc) is 2.56. The third kappa shape index (κ3) is 3.47. The molecule has 0 unspecified atom stereocenters. The largest absolute Gasteiger partial charge is 0.330 e. The van der Waals surface area contributed by atoms with Gasteiger partial charge >= 0.3 is 0 Å².